The zero-order chi connectivity index (χ0) is 30.3. The van der Waals surface area contributed by atoms with Gasteiger partial charge in [-0.15, -0.1) is 23.2 Å². The molecule has 42 heavy (non-hydrogen) atoms. The lowest BCUT2D eigenvalue weighted by molar-refractivity contribution is -0.138. The number of carbonyl (C=O) groups excluding carboxylic acids is 5. The van der Waals surface area contributed by atoms with Crippen molar-refractivity contribution in [3.05, 3.63) is 65.5 Å². The molecule has 10 nitrogen and oxygen atoms in total. The number of aromatic hydroxyl groups is 1. The zero-order valence-electron chi connectivity index (χ0n) is 22.2. The van der Waals surface area contributed by atoms with Gasteiger partial charge in [0.1, 0.15) is 5.82 Å². The van der Waals surface area contributed by atoms with Gasteiger partial charge in [-0.3, -0.25) is 19.2 Å². The summed E-state index contributed by atoms with van der Waals surface area (Å²) in [4.78, 5) is 64.3. The number of phenolic OH excluding ortho intramolecular Hbond substituents is 1. The van der Waals surface area contributed by atoms with E-state index in [1.54, 1.807) is 12.1 Å². The predicted molar refractivity (Wildman–Crippen MR) is 146 cm³/mol. The van der Waals surface area contributed by atoms with Crippen molar-refractivity contribution in [1.29, 1.82) is 0 Å². The topological polar surface area (TPSA) is 131 Å². The smallest absolute Gasteiger partial charge is 0.423 e. The molecule has 2 heterocycles. The summed E-state index contributed by atoms with van der Waals surface area (Å²) in [5.41, 5.74) is 0.529. The Bertz CT molecular complexity index is 1610. The van der Waals surface area contributed by atoms with Gasteiger partial charge < -0.3 is 14.6 Å². The molecule has 0 aromatic heterocycles. The van der Waals surface area contributed by atoms with Crippen molar-refractivity contribution in [1.82, 2.24) is 4.90 Å². The summed E-state index contributed by atoms with van der Waals surface area (Å²) in [5, 5.41) is 11.2. The molecule has 2 saturated heterocycles. The summed E-state index contributed by atoms with van der Waals surface area (Å²) in [7, 11) is 2.37. The van der Waals surface area contributed by atoms with E-state index in [9.17, 15) is 33.5 Å². The van der Waals surface area contributed by atoms with Gasteiger partial charge in [0, 0.05) is 11.5 Å². The minimum absolute atomic E-state index is 0.0157. The van der Waals surface area contributed by atoms with Crippen LogP contribution in [0.25, 0.3) is 0 Å². The van der Waals surface area contributed by atoms with Crippen LogP contribution >= 0.6 is 23.2 Å². The molecular formula is C29H23Cl2FN2O8. The Morgan fingerprint density at radius 2 is 1.69 bits per heavy atom. The Kier molecular flexibility index (Phi) is 6.39. The van der Waals surface area contributed by atoms with E-state index >= 15 is 0 Å². The summed E-state index contributed by atoms with van der Waals surface area (Å²) >= 11 is 14.5. The van der Waals surface area contributed by atoms with Gasteiger partial charge in [-0.1, -0.05) is 23.8 Å². The van der Waals surface area contributed by atoms with Crippen LogP contribution in [0.2, 0.25) is 0 Å². The molecule has 218 valence electrons. The fourth-order valence-corrected chi connectivity index (χ4v) is 7.88. The van der Waals surface area contributed by atoms with Crippen molar-refractivity contribution in [3.8, 4) is 11.5 Å². The molecule has 0 radical (unpaired) electrons. The van der Waals surface area contributed by atoms with E-state index in [4.69, 9.17) is 27.9 Å². The molecule has 0 spiro atoms. The Morgan fingerprint density at radius 3 is 2.33 bits per heavy atom. The molecule has 1 saturated carbocycles. The second-order valence-electron chi connectivity index (χ2n) is 10.6. The molecule has 13 heteroatoms. The number of phenols is 1. The highest BCUT2D eigenvalue weighted by molar-refractivity contribution is 6.58. The first kappa shape index (κ1) is 28.2. The fraction of sp³-hybridized carbons (Fsp3) is 0.345. The van der Waals surface area contributed by atoms with Crippen molar-refractivity contribution in [2.45, 2.75) is 28.5 Å². The highest BCUT2D eigenvalue weighted by Crippen LogP contribution is 2.66. The second kappa shape index (κ2) is 9.53. The highest BCUT2D eigenvalue weighted by atomic mass is 35.5. The normalized spacial score (nSPS) is 31.9. The van der Waals surface area contributed by atoms with Gasteiger partial charge in [0.2, 0.25) is 11.8 Å². The summed E-state index contributed by atoms with van der Waals surface area (Å²) in [6.45, 7) is 0. The average Bonchev–Trinajstić information content (AvgIpc) is 3.31. The third-order valence-electron chi connectivity index (χ3n) is 8.81. The Hall–Kier alpha value is -3.96. The molecule has 1 N–H and O–H groups in total. The largest absolute Gasteiger partial charge is 0.504 e. The van der Waals surface area contributed by atoms with Crippen LogP contribution in [0.3, 0.4) is 0 Å². The van der Waals surface area contributed by atoms with Crippen LogP contribution in [0.4, 0.5) is 14.9 Å². The van der Waals surface area contributed by atoms with Gasteiger partial charge in [-0.25, -0.2) is 14.1 Å². The number of alkyl halides is 2. The number of benzene rings is 2. The second-order valence-corrected chi connectivity index (χ2v) is 11.9. The van der Waals surface area contributed by atoms with E-state index < -0.39 is 69.0 Å². The van der Waals surface area contributed by atoms with E-state index in [2.05, 4.69) is 4.74 Å². The number of amides is 5. The lowest BCUT2D eigenvalue weighted by Gasteiger charge is -2.50. The molecule has 2 aliphatic heterocycles. The van der Waals surface area contributed by atoms with E-state index in [-0.39, 0.29) is 35.6 Å². The number of imide groups is 4. The van der Waals surface area contributed by atoms with Gasteiger partial charge >= 0.3 is 6.09 Å². The quantitative estimate of drug-likeness (QED) is 0.312. The maximum absolute atomic E-state index is 14.3. The third kappa shape index (κ3) is 3.46. The number of anilines is 1. The number of para-hydroxylation sites is 1. The third-order valence-corrected chi connectivity index (χ3v) is 10.2. The number of rotatable bonds is 3. The maximum atomic E-state index is 14.3. The first-order chi connectivity index (χ1) is 19.9. The average molecular weight is 617 g/mol. The van der Waals surface area contributed by atoms with Crippen LogP contribution in [-0.4, -0.2) is 63.7 Å². The molecule has 3 fully saturated rings. The molecule has 6 atom stereocenters. The van der Waals surface area contributed by atoms with Crippen LogP contribution in [0.15, 0.2) is 54.1 Å². The first-order valence-corrected chi connectivity index (χ1v) is 13.7. The van der Waals surface area contributed by atoms with Gasteiger partial charge in [-0.2, -0.15) is 4.90 Å². The van der Waals surface area contributed by atoms with E-state index in [1.807, 2.05) is 0 Å². The monoisotopic (exact) mass is 616 g/mol. The molecule has 2 aromatic rings. The van der Waals surface area contributed by atoms with E-state index in [0.29, 0.717) is 10.5 Å². The number of nitrogens with zero attached hydrogens (tertiary/aromatic N) is 2. The van der Waals surface area contributed by atoms with Crippen molar-refractivity contribution in [3.63, 3.8) is 0 Å². The molecule has 0 bridgehead atoms. The van der Waals surface area contributed by atoms with Crippen molar-refractivity contribution in [2.75, 3.05) is 19.1 Å². The Labute approximate surface area is 248 Å². The molecule has 5 amide bonds. The molecule has 6 unspecified atom stereocenters. The number of likely N-dealkylation sites (tertiary alicyclic amines) is 1. The van der Waals surface area contributed by atoms with Crippen LogP contribution in [0.1, 0.15) is 24.3 Å². The van der Waals surface area contributed by atoms with Gasteiger partial charge in [-0.05, 0) is 49.1 Å². The van der Waals surface area contributed by atoms with Crippen molar-refractivity contribution in [2.24, 2.45) is 17.8 Å². The number of methoxy groups -OCH3 is 2. The number of ether oxygens (including phenoxy) is 2. The number of hydrogen-bond donors (Lipinski definition) is 1. The first-order valence-electron chi connectivity index (χ1n) is 13.0. The molecule has 2 aromatic carbocycles. The maximum Gasteiger partial charge on any atom is 0.423 e. The number of allylic oxidation sites excluding steroid dienone is 2. The highest BCUT2D eigenvalue weighted by Gasteiger charge is 2.77. The minimum Gasteiger partial charge on any atom is -0.504 e. The van der Waals surface area contributed by atoms with Crippen LogP contribution in [-0.2, 0) is 23.9 Å². The lowest BCUT2D eigenvalue weighted by atomic mass is 9.56. The van der Waals surface area contributed by atoms with Crippen molar-refractivity contribution >= 4 is 58.6 Å². The summed E-state index contributed by atoms with van der Waals surface area (Å²) < 4.78 is 23.7. The standard InChI is InChI=1S/C29H23Cl2FN2O8/c1-41-19-5-3-4-17(22(19)35)21-15-10-11-16-20(24(37)34(23(16)36)27(40)42-2)18(15)12-28(30)25(38)33(26(39)29(21,28)31)14-8-6-13(32)7-9-14/h3-10,16,18,20-21,35H,11-12H2,1-2H3. The van der Waals surface area contributed by atoms with E-state index in [1.165, 1.54) is 31.4 Å². The van der Waals surface area contributed by atoms with Crippen molar-refractivity contribution < 1.29 is 42.9 Å². The summed E-state index contributed by atoms with van der Waals surface area (Å²) in [6.07, 6.45) is 0.186. The molecule has 6 rings (SSSR count). The number of fused-ring (bicyclic) bond motifs is 4. The molecular weight excluding hydrogens is 594 g/mol. The number of hydrogen-bond acceptors (Lipinski definition) is 8. The molecule has 4 aliphatic rings. The van der Waals surface area contributed by atoms with Gasteiger partial charge in [0.15, 0.2) is 21.2 Å². The van der Waals surface area contributed by atoms with Crippen LogP contribution < -0.4 is 9.64 Å². The SMILES string of the molecule is COC(=O)N1C(=O)C2CC=C3C(CC4(Cl)C(=O)N(c5ccc(F)cc5)C(=O)C4(Cl)C3c3cccc(OC)c3O)C2C1=O. The van der Waals surface area contributed by atoms with Crippen LogP contribution in [0.5, 0.6) is 11.5 Å². The summed E-state index contributed by atoms with van der Waals surface area (Å²) in [6, 6.07) is 9.15. The fourth-order valence-electron chi connectivity index (χ4n) is 6.95. The Balaban J connectivity index is 1.58. The number of halogens is 3. The Morgan fingerprint density at radius 1 is 1.00 bits per heavy atom. The van der Waals surface area contributed by atoms with E-state index in [0.717, 1.165) is 24.1 Å². The van der Waals surface area contributed by atoms with Gasteiger partial charge in [0.05, 0.1) is 31.7 Å². The predicted octanol–water partition coefficient (Wildman–Crippen LogP) is 3.87. The zero-order valence-corrected chi connectivity index (χ0v) is 23.7. The lowest BCUT2D eigenvalue weighted by Crippen LogP contribution is -2.60. The molecule has 2 aliphatic carbocycles. The van der Waals surface area contributed by atoms with Crippen LogP contribution in [0, 0.1) is 23.6 Å². The summed E-state index contributed by atoms with van der Waals surface area (Å²) in [5.74, 6) is -8.57. The number of carbonyl (C=O) groups is 5. The van der Waals surface area contributed by atoms with Gasteiger partial charge in [0.25, 0.3) is 11.8 Å². The minimum atomic E-state index is -2.23.